The minimum Gasteiger partial charge on any atom is -0.472 e. The fraction of sp³-hybridized carbons (Fsp3) is 0.500. The highest BCUT2D eigenvalue weighted by Crippen LogP contribution is 2.22. The number of aromatic nitrogens is 1. The molecular formula is C8H10ClF2NO. The Bertz CT molecular complexity index is 293. The van der Waals surface area contributed by atoms with Gasteiger partial charge < -0.3 is 9.72 Å². The third kappa shape index (κ3) is 3.22. The lowest BCUT2D eigenvalue weighted by Gasteiger charge is -2.10. The topological polar surface area (TPSA) is 25.0 Å². The molecule has 0 spiro atoms. The zero-order chi connectivity index (χ0) is 10.1. The van der Waals surface area contributed by atoms with Crippen LogP contribution in [0.5, 0.6) is 5.88 Å². The van der Waals surface area contributed by atoms with Crippen molar-refractivity contribution in [3.05, 3.63) is 16.8 Å². The molecular weight excluding hydrogens is 200 g/mol. The van der Waals surface area contributed by atoms with Gasteiger partial charge in [-0.25, -0.2) is 8.78 Å². The molecule has 13 heavy (non-hydrogen) atoms. The summed E-state index contributed by atoms with van der Waals surface area (Å²) in [6, 6.07) is 1.62. The minimum atomic E-state index is -2.83. The van der Waals surface area contributed by atoms with Gasteiger partial charge in [-0.2, -0.15) is 0 Å². The number of H-pyrrole nitrogens is 1. The lowest BCUT2D eigenvalue weighted by molar-refractivity contribution is -0.0242. The van der Waals surface area contributed by atoms with E-state index in [9.17, 15) is 8.78 Å². The molecule has 1 heterocycles. The van der Waals surface area contributed by atoms with E-state index >= 15 is 0 Å². The summed E-state index contributed by atoms with van der Waals surface area (Å²) in [5, 5.41) is 0.381. The van der Waals surface area contributed by atoms with Gasteiger partial charge in [-0.15, -0.1) is 0 Å². The first-order chi connectivity index (χ1) is 5.88. The molecule has 0 aliphatic rings. The maximum absolute atomic E-state index is 12.4. The Balaban J connectivity index is 2.59. The van der Waals surface area contributed by atoms with Crippen LogP contribution in [0.4, 0.5) is 8.78 Å². The molecule has 0 saturated carbocycles. The first kappa shape index (κ1) is 10.3. The molecule has 0 unspecified atom stereocenters. The van der Waals surface area contributed by atoms with Gasteiger partial charge in [0.25, 0.3) is 5.92 Å². The Labute approximate surface area is 79.8 Å². The first-order valence-corrected chi connectivity index (χ1v) is 4.12. The number of rotatable bonds is 3. The zero-order valence-electron chi connectivity index (χ0n) is 7.33. The normalized spacial score (nSPS) is 11.8. The van der Waals surface area contributed by atoms with Crippen molar-refractivity contribution in [2.24, 2.45) is 0 Å². The molecule has 5 heteroatoms. The van der Waals surface area contributed by atoms with E-state index in [0.717, 1.165) is 6.92 Å². The van der Waals surface area contributed by atoms with Crippen LogP contribution in [0, 0.1) is 6.92 Å². The second kappa shape index (κ2) is 3.54. The van der Waals surface area contributed by atoms with Gasteiger partial charge in [0.1, 0.15) is 5.15 Å². The lowest BCUT2D eigenvalue weighted by atomic mass is 10.4. The van der Waals surface area contributed by atoms with Gasteiger partial charge >= 0.3 is 0 Å². The monoisotopic (exact) mass is 209 g/mol. The van der Waals surface area contributed by atoms with Gasteiger partial charge in [0.15, 0.2) is 12.5 Å². The molecule has 0 amide bonds. The van der Waals surface area contributed by atoms with Crippen molar-refractivity contribution in [3.8, 4) is 5.88 Å². The van der Waals surface area contributed by atoms with Crippen LogP contribution in [-0.2, 0) is 0 Å². The number of aryl methyl sites for hydroxylation is 1. The Hall–Kier alpha value is -0.770. The first-order valence-electron chi connectivity index (χ1n) is 3.74. The molecule has 0 aromatic carbocycles. The van der Waals surface area contributed by atoms with Crippen LogP contribution in [0.2, 0.25) is 5.15 Å². The van der Waals surface area contributed by atoms with Crippen molar-refractivity contribution in [2.75, 3.05) is 6.61 Å². The fourth-order valence-electron chi connectivity index (χ4n) is 0.848. The van der Waals surface area contributed by atoms with Gasteiger partial charge in [-0.1, -0.05) is 11.6 Å². The summed E-state index contributed by atoms with van der Waals surface area (Å²) in [4.78, 5) is 2.63. The molecule has 74 valence electrons. The fourth-order valence-corrected chi connectivity index (χ4v) is 1.10. The highest BCUT2D eigenvalue weighted by Gasteiger charge is 2.22. The molecule has 0 aliphatic carbocycles. The van der Waals surface area contributed by atoms with Crippen LogP contribution < -0.4 is 4.74 Å². The number of halogens is 3. The predicted octanol–water partition coefficient (Wildman–Crippen LogP) is 3.01. The summed E-state index contributed by atoms with van der Waals surface area (Å²) in [6.45, 7) is 1.88. The average molecular weight is 210 g/mol. The van der Waals surface area contributed by atoms with Crippen LogP contribution in [0.15, 0.2) is 6.07 Å². The van der Waals surface area contributed by atoms with Gasteiger partial charge in [-0.05, 0) is 13.0 Å². The number of alkyl halides is 2. The third-order valence-electron chi connectivity index (χ3n) is 1.40. The van der Waals surface area contributed by atoms with Gasteiger partial charge in [0.2, 0.25) is 0 Å². The SMILES string of the molecule is Cc1cc(Cl)[nH]c1OCC(C)(F)F. The quantitative estimate of drug-likeness (QED) is 0.814. The van der Waals surface area contributed by atoms with E-state index in [1.807, 2.05) is 0 Å². The Morgan fingerprint density at radius 2 is 2.23 bits per heavy atom. The molecule has 1 aromatic heterocycles. The zero-order valence-corrected chi connectivity index (χ0v) is 8.08. The summed E-state index contributed by atoms with van der Waals surface area (Å²) >= 11 is 5.59. The summed E-state index contributed by atoms with van der Waals surface area (Å²) in [5.41, 5.74) is 0.717. The smallest absolute Gasteiger partial charge is 0.278 e. The van der Waals surface area contributed by atoms with Crippen LogP contribution >= 0.6 is 11.6 Å². The highest BCUT2D eigenvalue weighted by molar-refractivity contribution is 6.29. The van der Waals surface area contributed by atoms with Crippen LogP contribution in [-0.4, -0.2) is 17.5 Å². The Kier molecular flexibility index (Phi) is 2.81. The lowest BCUT2D eigenvalue weighted by Crippen LogP contribution is -2.21. The van der Waals surface area contributed by atoms with E-state index in [4.69, 9.17) is 16.3 Å². The number of hydrogen-bond acceptors (Lipinski definition) is 1. The molecule has 0 bridgehead atoms. The van der Waals surface area contributed by atoms with Gasteiger partial charge in [0.05, 0.1) is 0 Å². The predicted molar refractivity (Wildman–Crippen MR) is 46.7 cm³/mol. The number of nitrogens with one attached hydrogen (secondary N) is 1. The van der Waals surface area contributed by atoms with E-state index in [1.165, 1.54) is 0 Å². The summed E-state index contributed by atoms with van der Waals surface area (Å²) in [6.07, 6.45) is 0. The second-order valence-electron chi connectivity index (χ2n) is 2.99. The Morgan fingerprint density at radius 1 is 1.62 bits per heavy atom. The summed E-state index contributed by atoms with van der Waals surface area (Å²) in [5.74, 6) is -2.53. The Morgan fingerprint density at radius 3 is 2.62 bits per heavy atom. The van der Waals surface area contributed by atoms with Crippen molar-refractivity contribution in [2.45, 2.75) is 19.8 Å². The van der Waals surface area contributed by atoms with E-state index in [1.54, 1.807) is 13.0 Å². The van der Waals surface area contributed by atoms with Crippen LogP contribution in [0.25, 0.3) is 0 Å². The van der Waals surface area contributed by atoms with E-state index in [2.05, 4.69) is 4.98 Å². The number of aromatic amines is 1. The molecule has 0 radical (unpaired) electrons. The van der Waals surface area contributed by atoms with E-state index < -0.39 is 12.5 Å². The van der Waals surface area contributed by atoms with Crippen molar-refractivity contribution in [1.82, 2.24) is 4.98 Å². The van der Waals surface area contributed by atoms with E-state index in [-0.39, 0.29) is 0 Å². The van der Waals surface area contributed by atoms with Crippen molar-refractivity contribution in [3.63, 3.8) is 0 Å². The second-order valence-corrected chi connectivity index (χ2v) is 3.40. The number of ether oxygens (including phenoxy) is 1. The van der Waals surface area contributed by atoms with Crippen LogP contribution in [0.3, 0.4) is 0 Å². The largest absolute Gasteiger partial charge is 0.472 e. The molecule has 0 aliphatic heterocycles. The molecule has 1 rings (SSSR count). The summed E-state index contributed by atoms with van der Waals surface area (Å²) in [7, 11) is 0. The van der Waals surface area contributed by atoms with Gasteiger partial charge in [-0.3, -0.25) is 0 Å². The molecule has 1 aromatic rings. The molecule has 0 atom stereocenters. The van der Waals surface area contributed by atoms with Crippen molar-refractivity contribution >= 4 is 11.6 Å². The highest BCUT2D eigenvalue weighted by atomic mass is 35.5. The van der Waals surface area contributed by atoms with Crippen LogP contribution in [0.1, 0.15) is 12.5 Å². The third-order valence-corrected chi connectivity index (χ3v) is 1.61. The van der Waals surface area contributed by atoms with E-state index in [0.29, 0.717) is 16.6 Å². The van der Waals surface area contributed by atoms with Crippen molar-refractivity contribution in [1.29, 1.82) is 0 Å². The molecule has 2 nitrogen and oxygen atoms in total. The minimum absolute atomic E-state index is 0.298. The molecule has 1 N–H and O–H groups in total. The maximum Gasteiger partial charge on any atom is 0.278 e. The number of hydrogen-bond donors (Lipinski definition) is 1. The van der Waals surface area contributed by atoms with Crippen molar-refractivity contribution < 1.29 is 13.5 Å². The van der Waals surface area contributed by atoms with Gasteiger partial charge in [0, 0.05) is 12.5 Å². The molecule has 0 saturated heterocycles. The average Bonchev–Trinajstić information content (AvgIpc) is 2.24. The standard InChI is InChI=1S/C8H10ClF2NO/c1-5-3-6(9)12-7(5)13-4-8(2,10)11/h3,12H,4H2,1-2H3. The molecule has 0 fully saturated rings. The maximum atomic E-state index is 12.4. The summed E-state index contributed by atoms with van der Waals surface area (Å²) < 4.78 is 29.6.